The van der Waals surface area contributed by atoms with Crippen molar-refractivity contribution < 1.29 is 4.74 Å². The number of nitrogens with one attached hydrogen (secondary N) is 1. The molecule has 4 rings (SSSR count). The highest BCUT2D eigenvalue weighted by atomic mass is 16.5. The van der Waals surface area contributed by atoms with Crippen LogP contribution in [0, 0.1) is 6.92 Å². The molecule has 0 radical (unpaired) electrons. The zero-order chi connectivity index (χ0) is 14.9. The van der Waals surface area contributed by atoms with Gasteiger partial charge in [0.05, 0.1) is 0 Å². The van der Waals surface area contributed by atoms with Gasteiger partial charge in [-0.15, -0.1) is 0 Å². The van der Waals surface area contributed by atoms with Crippen molar-refractivity contribution in [2.45, 2.75) is 26.0 Å². The van der Waals surface area contributed by atoms with Gasteiger partial charge in [0, 0.05) is 17.7 Å². The molecule has 0 saturated heterocycles. The van der Waals surface area contributed by atoms with Gasteiger partial charge in [-0.05, 0) is 42.3 Å². The molecule has 2 nitrogen and oxygen atoms in total. The summed E-state index contributed by atoms with van der Waals surface area (Å²) in [5.41, 5.74) is 3.71. The molecule has 1 N–H and O–H groups in total. The SMILES string of the molecule is Cc1ccc(NC2CCc3c(ccc4ccccc34)O2)cc1. The average molecular weight is 289 g/mol. The van der Waals surface area contributed by atoms with Gasteiger partial charge in [0.1, 0.15) is 5.75 Å². The zero-order valence-corrected chi connectivity index (χ0v) is 12.7. The summed E-state index contributed by atoms with van der Waals surface area (Å²) in [6, 6.07) is 21.2. The van der Waals surface area contributed by atoms with Crippen LogP contribution in [0.2, 0.25) is 0 Å². The van der Waals surface area contributed by atoms with E-state index in [0.29, 0.717) is 0 Å². The van der Waals surface area contributed by atoms with Crippen LogP contribution in [-0.2, 0) is 6.42 Å². The van der Waals surface area contributed by atoms with Crippen LogP contribution in [0.15, 0.2) is 60.7 Å². The Morgan fingerprint density at radius 1 is 0.955 bits per heavy atom. The molecule has 0 bridgehead atoms. The first-order valence-corrected chi connectivity index (χ1v) is 7.80. The number of ether oxygens (including phenoxy) is 1. The van der Waals surface area contributed by atoms with Gasteiger partial charge in [0.15, 0.2) is 6.23 Å². The van der Waals surface area contributed by atoms with Gasteiger partial charge in [-0.2, -0.15) is 0 Å². The van der Waals surface area contributed by atoms with Crippen molar-refractivity contribution in [3.8, 4) is 5.75 Å². The minimum Gasteiger partial charge on any atom is -0.470 e. The van der Waals surface area contributed by atoms with Crippen LogP contribution in [0.25, 0.3) is 10.8 Å². The number of rotatable bonds is 2. The van der Waals surface area contributed by atoms with Gasteiger partial charge in [0.25, 0.3) is 0 Å². The Balaban J connectivity index is 1.59. The molecule has 0 amide bonds. The summed E-state index contributed by atoms with van der Waals surface area (Å²) >= 11 is 0. The monoisotopic (exact) mass is 289 g/mol. The molecule has 1 unspecified atom stereocenters. The first kappa shape index (κ1) is 13.2. The molecule has 3 aromatic rings. The lowest BCUT2D eigenvalue weighted by Gasteiger charge is -2.28. The number of hydrogen-bond acceptors (Lipinski definition) is 2. The van der Waals surface area contributed by atoms with Crippen molar-refractivity contribution in [2.75, 3.05) is 5.32 Å². The highest BCUT2D eigenvalue weighted by molar-refractivity contribution is 5.88. The van der Waals surface area contributed by atoms with E-state index in [4.69, 9.17) is 4.74 Å². The topological polar surface area (TPSA) is 21.3 Å². The smallest absolute Gasteiger partial charge is 0.170 e. The van der Waals surface area contributed by atoms with Gasteiger partial charge in [0.2, 0.25) is 0 Å². The second-order valence-corrected chi connectivity index (χ2v) is 5.92. The second kappa shape index (κ2) is 5.38. The number of aryl methyl sites for hydroxylation is 2. The Kier molecular flexibility index (Phi) is 3.23. The minimum absolute atomic E-state index is 0.0383. The molecule has 1 atom stereocenters. The average Bonchev–Trinajstić information content (AvgIpc) is 2.57. The van der Waals surface area contributed by atoms with Gasteiger partial charge in [-0.1, -0.05) is 48.0 Å². The summed E-state index contributed by atoms with van der Waals surface area (Å²) in [7, 11) is 0. The Morgan fingerprint density at radius 3 is 2.64 bits per heavy atom. The molecule has 22 heavy (non-hydrogen) atoms. The molecule has 0 aromatic heterocycles. The first-order valence-electron chi connectivity index (χ1n) is 7.80. The summed E-state index contributed by atoms with van der Waals surface area (Å²) in [6.07, 6.45) is 2.06. The van der Waals surface area contributed by atoms with Gasteiger partial charge < -0.3 is 10.1 Å². The fourth-order valence-corrected chi connectivity index (χ4v) is 3.11. The van der Waals surface area contributed by atoms with Crippen molar-refractivity contribution in [2.24, 2.45) is 0 Å². The number of hydrogen-bond donors (Lipinski definition) is 1. The maximum atomic E-state index is 6.16. The van der Waals surface area contributed by atoms with E-state index >= 15 is 0 Å². The molecule has 1 aliphatic rings. The molecule has 0 spiro atoms. The Morgan fingerprint density at radius 2 is 1.77 bits per heavy atom. The molecule has 1 aliphatic heterocycles. The number of fused-ring (bicyclic) bond motifs is 3. The molecule has 3 aromatic carbocycles. The molecule has 1 heterocycles. The Hall–Kier alpha value is -2.48. The quantitative estimate of drug-likeness (QED) is 0.723. The van der Waals surface area contributed by atoms with E-state index in [1.807, 2.05) is 0 Å². The van der Waals surface area contributed by atoms with E-state index in [-0.39, 0.29) is 6.23 Å². The second-order valence-electron chi connectivity index (χ2n) is 5.92. The normalized spacial score (nSPS) is 16.9. The molecule has 110 valence electrons. The van der Waals surface area contributed by atoms with Crippen LogP contribution < -0.4 is 10.1 Å². The molecular weight excluding hydrogens is 270 g/mol. The lowest BCUT2D eigenvalue weighted by molar-refractivity contribution is 0.201. The van der Waals surface area contributed by atoms with Crippen LogP contribution in [-0.4, -0.2) is 6.23 Å². The van der Waals surface area contributed by atoms with Crippen LogP contribution in [0.3, 0.4) is 0 Å². The molecular formula is C20H19NO. The Bertz CT molecular complexity index is 808. The first-order chi connectivity index (χ1) is 10.8. The van der Waals surface area contributed by atoms with Crippen molar-refractivity contribution in [3.05, 3.63) is 71.8 Å². The fourth-order valence-electron chi connectivity index (χ4n) is 3.11. The minimum atomic E-state index is 0.0383. The summed E-state index contributed by atoms with van der Waals surface area (Å²) in [5, 5.41) is 6.08. The van der Waals surface area contributed by atoms with Crippen molar-refractivity contribution in [1.82, 2.24) is 0 Å². The summed E-state index contributed by atoms with van der Waals surface area (Å²) in [6.45, 7) is 2.10. The van der Waals surface area contributed by atoms with E-state index in [9.17, 15) is 0 Å². The third-order valence-corrected chi connectivity index (χ3v) is 4.30. The lowest BCUT2D eigenvalue weighted by Crippen LogP contribution is -2.30. The fraction of sp³-hybridized carbons (Fsp3) is 0.200. The van der Waals surface area contributed by atoms with E-state index in [0.717, 1.165) is 24.3 Å². The lowest BCUT2D eigenvalue weighted by atomic mass is 9.97. The molecule has 0 saturated carbocycles. The third-order valence-electron chi connectivity index (χ3n) is 4.30. The van der Waals surface area contributed by atoms with Gasteiger partial charge in [-0.3, -0.25) is 0 Å². The van der Waals surface area contributed by atoms with E-state index in [1.165, 1.54) is 21.9 Å². The predicted octanol–water partition coefficient (Wildman–Crippen LogP) is 4.91. The van der Waals surface area contributed by atoms with E-state index in [1.54, 1.807) is 0 Å². The summed E-state index contributed by atoms with van der Waals surface area (Å²) in [5.74, 6) is 1.01. The zero-order valence-electron chi connectivity index (χ0n) is 12.7. The highest BCUT2D eigenvalue weighted by Crippen LogP contribution is 2.34. The largest absolute Gasteiger partial charge is 0.470 e. The molecule has 0 fully saturated rings. The Labute approximate surface area is 130 Å². The van der Waals surface area contributed by atoms with Crippen molar-refractivity contribution in [3.63, 3.8) is 0 Å². The number of anilines is 1. The maximum absolute atomic E-state index is 6.16. The van der Waals surface area contributed by atoms with Crippen molar-refractivity contribution in [1.29, 1.82) is 0 Å². The third kappa shape index (κ3) is 2.41. The van der Waals surface area contributed by atoms with E-state index < -0.39 is 0 Å². The van der Waals surface area contributed by atoms with Crippen LogP contribution in [0.1, 0.15) is 17.5 Å². The van der Waals surface area contributed by atoms with Gasteiger partial charge >= 0.3 is 0 Å². The molecule has 2 heteroatoms. The standard InChI is InChI=1S/C20H19NO/c1-14-6-9-16(10-7-14)21-20-13-11-18-17-5-3-2-4-15(17)8-12-19(18)22-20/h2-10,12,20-21H,11,13H2,1H3. The molecule has 0 aliphatic carbocycles. The van der Waals surface area contributed by atoms with Gasteiger partial charge in [-0.25, -0.2) is 0 Å². The van der Waals surface area contributed by atoms with E-state index in [2.05, 4.69) is 72.9 Å². The highest BCUT2D eigenvalue weighted by Gasteiger charge is 2.21. The predicted molar refractivity (Wildman–Crippen MR) is 91.5 cm³/mol. The van der Waals surface area contributed by atoms with Crippen molar-refractivity contribution >= 4 is 16.5 Å². The summed E-state index contributed by atoms with van der Waals surface area (Å²) in [4.78, 5) is 0. The summed E-state index contributed by atoms with van der Waals surface area (Å²) < 4.78 is 6.16. The number of benzene rings is 3. The maximum Gasteiger partial charge on any atom is 0.170 e. The van der Waals surface area contributed by atoms with Crippen LogP contribution in [0.4, 0.5) is 5.69 Å². The van der Waals surface area contributed by atoms with Crippen LogP contribution >= 0.6 is 0 Å². The van der Waals surface area contributed by atoms with Crippen LogP contribution in [0.5, 0.6) is 5.75 Å².